The highest BCUT2D eigenvalue weighted by Gasteiger charge is 2.38. The molecule has 0 spiro atoms. The van der Waals surface area contributed by atoms with Gasteiger partial charge in [-0.2, -0.15) is 0 Å². The lowest BCUT2D eigenvalue weighted by atomic mass is 10.0. The number of hydrogen-bond acceptors (Lipinski definition) is 6. The van der Waals surface area contributed by atoms with Gasteiger partial charge in [0.15, 0.2) is 9.84 Å². The molecule has 1 aromatic carbocycles. The minimum atomic E-state index is -3.11. The molecule has 7 nitrogen and oxygen atoms in total. The van der Waals surface area contributed by atoms with Gasteiger partial charge in [0, 0.05) is 19.7 Å². The van der Waals surface area contributed by atoms with Crippen LogP contribution in [-0.4, -0.2) is 61.1 Å². The van der Waals surface area contributed by atoms with Gasteiger partial charge in [0.1, 0.15) is 17.0 Å². The molecule has 0 radical (unpaired) electrons. The van der Waals surface area contributed by atoms with Crippen molar-refractivity contribution in [1.29, 1.82) is 0 Å². The fourth-order valence-electron chi connectivity index (χ4n) is 3.17. The lowest BCUT2D eigenvalue weighted by molar-refractivity contribution is 0.000932. The Morgan fingerprint density at radius 2 is 1.92 bits per heavy atom. The van der Waals surface area contributed by atoms with Crippen molar-refractivity contribution in [2.45, 2.75) is 19.4 Å². The first-order valence-corrected chi connectivity index (χ1v) is 9.85. The normalized spacial score (nSPS) is 19.3. The second-order valence-electron chi connectivity index (χ2n) is 6.38. The summed E-state index contributed by atoms with van der Waals surface area (Å²) in [6.07, 6.45) is 0.428. The van der Waals surface area contributed by atoms with Crippen LogP contribution in [-0.2, 0) is 9.84 Å². The van der Waals surface area contributed by atoms with Crippen molar-refractivity contribution in [1.82, 2.24) is 15.2 Å². The average molecular weight is 363 g/mol. The molecule has 0 unspecified atom stereocenters. The molecule has 1 atom stereocenters. The quantitative estimate of drug-likeness (QED) is 0.770. The monoisotopic (exact) mass is 363 g/mol. The van der Waals surface area contributed by atoms with E-state index in [0.717, 1.165) is 5.56 Å². The van der Waals surface area contributed by atoms with Crippen LogP contribution in [0.15, 0.2) is 34.9 Å². The number of aromatic nitrogens is 1. The van der Waals surface area contributed by atoms with Gasteiger partial charge in [0.05, 0.1) is 17.5 Å². The Kier molecular flexibility index (Phi) is 4.66. The van der Waals surface area contributed by atoms with E-state index in [2.05, 4.69) is 5.16 Å². The summed E-state index contributed by atoms with van der Waals surface area (Å²) in [5.41, 5.74) is 1.61. The van der Waals surface area contributed by atoms with Crippen molar-refractivity contribution in [2.24, 2.45) is 0 Å². The minimum absolute atomic E-state index is 0.0259. The van der Waals surface area contributed by atoms with Crippen molar-refractivity contribution in [3.8, 4) is 11.3 Å². The maximum absolute atomic E-state index is 13.2. The Bertz CT molecular complexity index is 875. The van der Waals surface area contributed by atoms with Gasteiger partial charge in [-0.25, -0.2) is 13.4 Å². The largest absolute Gasteiger partial charge is 0.360 e. The smallest absolute Gasteiger partial charge is 0.274 e. The molecule has 8 heteroatoms. The third-order valence-electron chi connectivity index (χ3n) is 4.32. The summed E-state index contributed by atoms with van der Waals surface area (Å²) >= 11 is 0. The molecule has 3 rings (SSSR count). The van der Waals surface area contributed by atoms with Gasteiger partial charge in [-0.15, -0.1) is 0 Å². The Morgan fingerprint density at radius 1 is 1.24 bits per heavy atom. The highest BCUT2D eigenvalue weighted by Crippen LogP contribution is 2.28. The molecule has 1 aromatic heterocycles. The van der Waals surface area contributed by atoms with E-state index >= 15 is 0 Å². The highest BCUT2D eigenvalue weighted by molar-refractivity contribution is 7.91. The van der Waals surface area contributed by atoms with Crippen LogP contribution in [0, 0.1) is 6.92 Å². The Morgan fingerprint density at radius 3 is 2.48 bits per heavy atom. The summed E-state index contributed by atoms with van der Waals surface area (Å²) in [5, 5.41) is 7.18. The molecule has 1 amide bonds. The zero-order valence-electron chi connectivity index (χ0n) is 14.5. The second kappa shape index (κ2) is 6.61. The number of sulfone groups is 1. The lowest BCUT2D eigenvalue weighted by Gasteiger charge is -2.33. The summed E-state index contributed by atoms with van der Waals surface area (Å²) in [6.45, 7) is 1.69. The third-order valence-corrected chi connectivity index (χ3v) is 6.07. The number of rotatable bonds is 4. The number of carbonyl (C=O) groups is 1. The van der Waals surface area contributed by atoms with Crippen LogP contribution < -0.4 is 0 Å². The number of carbonyl (C=O) groups excluding carboxylic acids is 1. The maximum Gasteiger partial charge on any atom is 0.274 e. The zero-order chi connectivity index (χ0) is 18.2. The Hall–Kier alpha value is -2.19. The summed E-state index contributed by atoms with van der Waals surface area (Å²) in [7, 11) is 0.352. The first-order chi connectivity index (χ1) is 11.8. The van der Waals surface area contributed by atoms with Crippen molar-refractivity contribution in [3.63, 3.8) is 0 Å². The van der Waals surface area contributed by atoms with E-state index < -0.39 is 9.84 Å². The van der Waals surface area contributed by atoms with Crippen LogP contribution in [0.25, 0.3) is 11.3 Å². The van der Waals surface area contributed by atoms with Crippen LogP contribution in [0.1, 0.15) is 22.5 Å². The third kappa shape index (κ3) is 3.45. The van der Waals surface area contributed by atoms with E-state index in [0.29, 0.717) is 23.4 Å². The van der Waals surface area contributed by atoms with Gasteiger partial charge in [-0.1, -0.05) is 35.5 Å². The van der Waals surface area contributed by atoms with E-state index in [1.165, 1.54) is 5.01 Å². The van der Waals surface area contributed by atoms with E-state index in [-0.39, 0.29) is 23.5 Å². The molecule has 134 valence electrons. The number of hydrazine groups is 1. The van der Waals surface area contributed by atoms with E-state index in [4.69, 9.17) is 4.52 Å². The molecule has 2 heterocycles. The summed E-state index contributed by atoms with van der Waals surface area (Å²) < 4.78 is 29.0. The van der Waals surface area contributed by atoms with Gasteiger partial charge in [-0.3, -0.25) is 9.80 Å². The SMILES string of the molecule is Cc1onc(-c2ccccc2)c1C(=O)N([C@@H]1CCS(=O)(=O)C1)N(C)C. The molecule has 2 aromatic rings. The maximum atomic E-state index is 13.2. The molecule has 0 N–H and O–H groups in total. The van der Waals surface area contributed by atoms with E-state index in [1.54, 1.807) is 26.0 Å². The standard InChI is InChI=1S/C17H21N3O4S/c1-12-15(16(18-24-12)13-7-5-4-6-8-13)17(21)20(19(2)3)14-9-10-25(22,23)11-14/h4-8,14H,9-11H2,1-3H3/t14-/m1/s1. The van der Waals surface area contributed by atoms with Crippen LogP contribution >= 0.6 is 0 Å². The number of nitrogens with zero attached hydrogens (tertiary/aromatic N) is 3. The number of amides is 1. The number of aryl methyl sites for hydroxylation is 1. The van der Waals surface area contributed by atoms with Crippen molar-refractivity contribution in [2.75, 3.05) is 25.6 Å². The predicted molar refractivity (Wildman–Crippen MR) is 93.6 cm³/mol. The fourth-order valence-corrected chi connectivity index (χ4v) is 4.87. The predicted octanol–water partition coefficient (Wildman–Crippen LogP) is 1.76. The van der Waals surface area contributed by atoms with Gasteiger partial charge < -0.3 is 4.52 Å². The van der Waals surface area contributed by atoms with Crippen LogP contribution in [0.2, 0.25) is 0 Å². The summed E-state index contributed by atoms with van der Waals surface area (Å²) in [6, 6.07) is 8.93. The average Bonchev–Trinajstić information content (AvgIpc) is 3.10. The fraction of sp³-hybridized carbons (Fsp3) is 0.412. The zero-order valence-corrected chi connectivity index (χ0v) is 15.3. The molecule has 0 aliphatic carbocycles. The first-order valence-electron chi connectivity index (χ1n) is 8.03. The van der Waals surface area contributed by atoms with Crippen LogP contribution in [0.5, 0.6) is 0 Å². The van der Waals surface area contributed by atoms with Crippen molar-refractivity contribution in [3.05, 3.63) is 41.7 Å². The molecule has 1 aliphatic heterocycles. The molecular formula is C17H21N3O4S. The number of hydrogen-bond donors (Lipinski definition) is 0. The van der Waals surface area contributed by atoms with Crippen LogP contribution in [0.3, 0.4) is 0 Å². The van der Waals surface area contributed by atoms with Crippen molar-refractivity contribution >= 4 is 15.7 Å². The summed E-state index contributed by atoms with van der Waals surface area (Å²) in [5.74, 6) is 0.187. The number of benzene rings is 1. The molecule has 25 heavy (non-hydrogen) atoms. The first kappa shape index (κ1) is 17.6. The molecule has 0 saturated carbocycles. The minimum Gasteiger partial charge on any atom is -0.360 e. The Balaban J connectivity index is 2.00. The van der Waals surface area contributed by atoms with Gasteiger partial charge in [-0.05, 0) is 13.3 Å². The second-order valence-corrected chi connectivity index (χ2v) is 8.61. The Labute approximate surface area is 147 Å². The lowest BCUT2D eigenvalue weighted by Crippen LogP contribution is -2.49. The molecule has 0 bridgehead atoms. The highest BCUT2D eigenvalue weighted by atomic mass is 32.2. The summed E-state index contributed by atoms with van der Waals surface area (Å²) in [4.78, 5) is 13.2. The molecule has 1 fully saturated rings. The molecule has 1 saturated heterocycles. The van der Waals surface area contributed by atoms with Crippen molar-refractivity contribution < 1.29 is 17.7 Å². The van der Waals surface area contributed by atoms with E-state index in [1.807, 2.05) is 30.3 Å². The molecule has 1 aliphatic rings. The van der Waals surface area contributed by atoms with E-state index in [9.17, 15) is 13.2 Å². The van der Waals surface area contributed by atoms with Crippen LogP contribution in [0.4, 0.5) is 0 Å². The van der Waals surface area contributed by atoms with Gasteiger partial charge >= 0.3 is 0 Å². The molecular weight excluding hydrogens is 342 g/mol. The van der Waals surface area contributed by atoms with Gasteiger partial charge in [0.2, 0.25) is 0 Å². The topological polar surface area (TPSA) is 83.7 Å². The van der Waals surface area contributed by atoms with Gasteiger partial charge in [0.25, 0.3) is 5.91 Å².